The molecular formula is C20H19BrN4O2S. The minimum absolute atomic E-state index is 0.109. The highest BCUT2D eigenvalue weighted by atomic mass is 79.9. The predicted octanol–water partition coefficient (Wildman–Crippen LogP) is 4.07. The van der Waals surface area contributed by atoms with E-state index in [-0.39, 0.29) is 17.6 Å². The fourth-order valence-corrected chi connectivity index (χ4v) is 3.55. The lowest BCUT2D eigenvalue weighted by atomic mass is 10.2. The van der Waals surface area contributed by atoms with Gasteiger partial charge in [0.25, 0.3) is 5.91 Å². The topological polar surface area (TPSA) is 67.2 Å². The van der Waals surface area contributed by atoms with Crippen molar-refractivity contribution in [3.05, 3.63) is 71.0 Å². The molecule has 0 fully saturated rings. The molecule has 1 heterocycles. The number of benzene rings is 2. The zero-order chi connectivity index (χ0) is 20.1. The van der Waals surface area contributed by atoms with E-state index in [0.717, 1.165) is 15.3 Å². The maximum atomic E-state index is 12.3. The van der Waals surface area contributed by atoms with Crippen molar-refractivity contribution in [2.45, 2.75) is 5.16 Å². The molecule has 6 nitrogen and oxygen atoms in total. The van der Waals surface area contributed by atoms with Crippen LogP contribution >= 0.6 is 27.7 Å². The number of thioether (sulfide) groups is 1. The summed E-state index contributed by atoms with van der Waals surface area (Å²) in [7, 11) is 3.38. The lowest BCUT2D eigenvalue weighted by Crippen LogP contribution is -2.22. The fraction of sp³-hybridized carbons (Fsp3) is 0.150. The third-order valence-corrected chi connectivity index (χ3v) is 5.34. The third-order valence-electron chi connectivity index (χ3n) is 3.84. The zero-order valence-corrected chi connectivity index (χ0v) is 17.8. The Balaban J connectivity index is 1.63. The molecule has 2 amide bonds. The minimum Gasteiger partial charge on any atom is -0.345 e. The molecule has 0 spiro atoms. The van der Waals surface area contributed by atoms with Gasteiger partial charge in [-0.1, -0.05) is 33.8 Å². The largest absolute Gasteiger partial charge is 0.345 e. The molecule has 0 aliphatic rings. The first-order valence-electron chi connectivity index (χ1n) is 8.47. The van der Waals surface area contributed by atoms with Gasteiger partial charge in [0.1, 0.15) is 0 Å². The third kappa shape index (κ3) is 5.02. The number of imidazole rings is 1. The number of halogens is 1. The Bertz CT molecular complexity index is 986. The molecule has 0 saturated heterocycles. The Morgan fingerprint density at radius 2 is 1.93 bits per heavy atom. The van der Waals surface area contributed by atoms with Crippen molar-refractivity contribution < 1.29 is 9.59 Å². The van der Waals surface area contributed by atoms with E-state index in [0.29, 0.717) is 11.3 Å². The first-order chi connectivity index (χ1) is 13.4. The molecule has 0 aliphatic carbocycles. The van der Waals surface area contributed by atoms with Gasteiger partial charge in [0, 0.05) is 47.9 Å². The van der Waals surface area contributed by atoms with Gasteiger partial charge in [-0.2, -0.15) is 0 Å². The number of nitrogens with zero attached hydrogens (tertiary/aromatic N) is 3. The molecule has 8 heteroatoms. The van der Waals surface area contributed by atoms with E-state index in [1.807, 2.05) is 35.0 Å². The smallest absolute Gasteiger partial charge is 0.253 e. The summed E-state index contributed by atoms with van der Waals surface area (Å²) < 4.78 is 2.93. The molecule has 144 valence electrons. The molecular weight excluding hydrogens is 440 g/mol. The second kappa shape index (κ2) is 9.07. The summed E-state index contributed by atoms with van der Waals surface area (Å²) in [6.45, 7) is 0. The van der Waals surface area contributed by atoms with Gasteiger partial charge in [0.05, 0.1) is 5.75 Å². The molecule has 1 N–H and O–H groups in total. The van der Waals surface area contributed by atoms with Crippen LogP contribution in [0.25, 0.3) is 5.69 Å². The average molecular weight is 459 g/mol. The number of anilines is 1. The maximum absolute atomic E-state index is 12.3. The van der Waals surface area contributed by atoms with Crippen molar-refractivity contribution in [3.63, 3.8) is 0 Å². The van der Waals surface area contributed by atoms with E-state index in [1.54, 1.807) is 44.6 Å². The van der Waals surface area contributed by atoms with Crippen LogP contribution in [0.1, 0.15) is 10.4 Å². The molecule has 0 unspecified atom stereocenters. The van der Waals surface area contributed by atoms with E-state index in [2.05, 4.69) is 26.2 Å². The first-order valence-corrected chi connectivity index (χ1v) is 10.3. The molecule has 0 atom stereocenters. The second-order valence-corrected chi connectivity index (χ2v) is 8.03. The zero-order valence-electron chi connectivity index (χ0n) is 15.4. The van der Waals surface area contributed by atoms with Crippen LogP contribution < -0.4 is 5.32 Å². The normalized spacial score (nSPS) is 10.5. The van der Waals surface area contributed by atoms with E-state index in [1.165, 1.54) is 16.7 Å². The molecule has 2 aromatic carbocycles. The highest BCUT2D eigenvalue weighted by Gasteiger charge is 2.12. The van der Waals surface area contributed by atoms with Gasteiger partial charge in [-0.3, -0.25) is 14.2 Å². The minimum atomic E-state index is -0.162. The number of hydrogen-bond donors (Lipinski definition) is 1. The summed E-state index contributed by atoms with van der Waals surface area (Å²) in [5.74, 6) is -0.0637. The van der Waals surface area contributed by atoms with Gasteiger partial charge in [-0.05, 0) is 42.5 Å². The predicted molar refractivity (Wildman–Crippen MR) is 115 cm³/mol. The van der Waals surface area contributed by atoms with Crippen molar-refractivity contribution in [2.75, 3.05) is 25.2 Å². The molecule has 0 saturated carbocycles. The fourth-order valence-electron chi connectivity index (χ4n) is 2.51. The Labute approximate surface area is 176 Å². The van der Waals surface area contributed by atoms with Gasteiger partial charge in [-0.15, -0.1) is 0 Å². The van der Waals surface area contributed by atoms with Gasteiger partial charge < -0.3 is 10.2 Å². The average Bonchev–Trinajstić information content (AvgIpc) is 3.15. The quantitative estimate of drug-likeness (QED) is 0.565. The van der Waals surface area contributed by atoms with Crippen LogP contribution in [0.2, 0.25) is 0 Å². The number of hydrogen-bond acceptors (Lipinski definition) is 4. The number of carbonyl (C=O) groups is 2. The van der Waals surface area contributed by atoms with Gasteiger partial charge in [0.15, 0.2) is 5.16 Å². The van der Waals surface area contributed by atoms with E-state index >= 15 is 0 Å². The van der Waals surface area contributed by atoms with Crippen LogP contribution in [0.5, 0.6) is 0 Å². The van der Waals surface area contributed by atoms with Crippen LogP contribution in [-0.2, 0) is 4.79 Å². The number of carbonyl (C=O) groups excluding carboxylic acids is 2. The highest BCUT2D eigenvalue weighted by Crippen LogP contribution is 2.22. The van der Waals surface area contributed by atoms with Crippen LogP contribution in [0.4, 0.5) is 5.69 Å². The van der Waals surface area contributed by atoms with Crippen molar-refractivity contribution in [3.8, 4) is 5.69 Å². The van der Waals surface area contributed by atoms with E-state index in [4.69, 9.17) is 0 Å². The number of nitrogens with one attached hydrogen (secondary N) is 1. The van der Waals surface area contributed by atoms with Crippen molar-refractivity contribution >= 4 is 45.2 Å². The van der Waals surface area contributed by atoms with E-state index < -0.39 is 0 Å². The summed E-state index contributed by atoms with van der Waals surface area (Å²) in [6.07, 6.45) is 3.57. The summed E-state index contributed by atoms with van der Waals surface area (Å²) in [5.41, 5.74) is 2.09. The lowest BCUT2D eigenvalue weighted by Gasteiger charge is -2.12. The monoisotopic (exact) mass is 458 g/mol. The van der Waals surface area contributed by atoms with Crippen LogP contribution in [0.3, 0.4) is 0 Å². The van der Waals surface area contributed by atoms with Crippen LogP contribution in [0, 0.1) is 0 Å². The number of amides is 2. The molecule has 0 bridgehead atoms. The van der Waals surface area contributed by atoms with Gasteiger partial charge in [0.2, 0.25) is 5.91 Å². The standard InChI is InChI=1S/C20H19BrN4O2S/c1-24(2)19(27)14-4-3-5-16(12-14)23-18(26)13-28-20-22-10-11-25(20)17-8-6-15(21)7-9-17/h3-12H,13H2,1-2H3,(H,23,26). The lowest BCUT2D eigenvalue weighted by molar-refractivity contribution is -0.113. The molecule has 3 aromatic rings. The van der Waals surface area contributed by atoms with Crippen molar-refractivity contribution in [2.24, 2.45) is 0 Å². The Morgan fingerprint density at radius 1 is 1.18 bits per heavy atom. The Morgan fingerprint density at radius 3 is 2.64 bits per heavy atom. The number of rotatable bonds is 6. The molecule has 3 rings (SSSR count). The molecule has 0 radical (unpaired) electrons. The van der Waals surface area contributed by atoms with Crippen molar-refractivity contribution in [1.82, 2.24) is 14.5 Å². The molecule has 28 heavy (non-hydrogen) atoms. The SMILES string of the molecule is CN(C)C(=O)c1cccc(NC(=O)CSc2nccn2-c2ccc(Br)cc2)c1. The molecule has 0 aliphatic heterocycles. The Kier molecular flexibility index (Phi) is 6.53. The summed E-state index contributed by atoms with van der Waals surface area (Å²) in [6, 6.07) is 14.8. The first kappa shape index (κ1) is 20.2. The summed E-state index contributed by atoms with van der Waals surface area (Å²) in [5, 5.41) is 3.56. The van der Waals surface area contributed by atoms with Crippen molar-refractivity contribution in [1.29, 1.82) is 0 Å². The van der Waals surface area contributed by atoms with Gasteiger partial charge in [-0.25, -0.2) is 4.98 Å². The highest BCUT2D eigenvalue weighted by molar-refractivity contribution is 9.10. The van der Waals surface area contributed by atoms with E-state index in [9.17, 15) is 9.59 Å². The van der Waals surface area contributed by atoms with Gasteiger partial charge >= 0.3 is 0 Å². The second-order valence-electron chi connectivity index (χ2n) is 6.17. The van der Waals surface area contributed by atoms with Crippen LogP contribution in [0.15, 0.2) is 70.6 Å². The van der Waals surface area contributed by atoms with Crippen LogP contribution in [-0.4, -0.2) is 46.1 Å². The molecule has 1 aromatic heterocycles. The summed E-state index contributed by atoms with van der Waals surface area (Å²) in [4.78, 5) is 30.2. The Hall–Kier alpha value is -2.58. The summed E-state index contributed by atoms with van der Waals surface area (Å²) >= 11 is 4.77. The number of aromatic nitrogens is 2. The maximum Gasteiger partial charge on any atom is 0.253 e.